The van der Waals surface area contributed by atoms with Gasteiger partial charge >= 0.3 is 0 Å². The molecule has 7 heteroatoms. The molecule has 0 aromatic heterocycles. The Bertz CT molecular complexity index is 1150. The molecule has 0 aliphatic carbocycles. The lowest BCUT2D eigenvalue weighted by Gasteiger charge is -2.32. The van der Waals surface area contributed by atoms with Crippen LogP contribution in [0.5, 0.6) is 0 Å². The summed E-state index contributed by atoms with van der Waals surface area (Å²) in [6.45, 7) is 8.42. The standard InChI is InChI=1S/C28H38O5S2/c1-19(2)21-9-5-11-23(17-21)27(25-13-7-15-34(25,29)30)33-28(26-14-8-16-35(26,31)32)24-12-6-10-22(18-24)20(3)4/h5-6,9-12,17-20,25-28H,7-8,13-16H2,1-4H3. The van der Waals surface area contributed by atoms with Crippen LogP contribution in [0.25, 0.3) is 0 Å². The molecule has 4 atom stereocenters. The molecule has 4 rings (SSSR count). The fourth-order valence-corrected chi connectivity index (χ4v) is 9.41. The number of hydrogen-bond donors (Lipinski definition) is 0. The van der Waals surface area contributed by atoms with E-state index in [0.29, 0.717) is 25.7 Å². The highest BCUT2D eigenvalue weighted by Gasteiger charge is 2.45. The molecule has 4 unspecified atom stereocenters. The van der Waals surface area contributed by atoms with Crippen molar-refractivity contribution in [2.75, 3.05) is 11.5 Å². The SMILES string of the molecule is CC(C)c1cccc(C(OC(c2cccc(C(C)C)c2)C2CCCS2(=O)=O)C2CCCS2(=O)=O)c1. The number of ether oxygens (including phenoxy) is 1. The van der Waals surface area contributed by atoms with Gasteiger partial charge < -0.3 is 4.74 Å². The fourth-order valence-electron chi connectivity index (χ4n) is 5.42. The van der Waals surface area contributed by atoms with Gasteiger partial charge in [0.1, 0.15) is 12.2 Å². The van der Waals surface area contributed by atoms with Crippen LogP contribution in [0.15, 0.2) is 48.5 Å². The van der Waals surface area contributed by atoms with E-state index in [2.05, 4.69) is 27.7 Å². The van der Waals surface area contributed by atoms with Gasteiger partial charge in [-0.1, -0.05) is 76.2 Å². The molecule has 0 bridgehead atoms. The lowest BCUT2D eigenvalue weighted by atomic mass is 9.94. The van der Waals surface area contributed by atoms with E-state index in [4.69, 9.17) is 4.74 Å². The molecule has 2 aliphatic rings. The molecule has 2 aromatic carbocycles. The van der Waals surface area contributed by atoms with Crippen LogP contribution < -0.4 is 0 Å². The van der Waals surface area contributed by atoms with Crippen molar-refractivity contribution >= 4 is 19.7 Å². The van der Waals surface area contributed by atoms with E-state index in [0.717, 1.165) is 22.3 Å². The first-order valence-electron chi connectivity index (χ1n) is 12.8. The number of hydrogen-bond acceptors (Lipinski definition) is 5. The van der Waals surface area contributed by atoms with Gasteiger partial charge in [0.25, 0.3) is 0 Å². The lowest BCUT2D eigenvalue weighted by molar-refractivity contribution is -0.0198. The number of rotatable bonds is 8. The molecule has 0 N–H and O–H groups in total. The van der Waals surface area contributed by atoms with E-state index in [1.54, 1.807) is 0 Å². The van der Waals surface area contributed by atoms with E-state index in [9.17, 15) is 16.8 Å². The molecule has 2 heterocycles. The predicted molar refractivity (Wildman–Crippen MR) is 141 cm³/mol. The second-order valence-corrected chi connectivity index (χ2v) is 15.4. The first kappa shape index (κ1) is 26.4. The Morgan fingerprint density at radius 3 is 1.34 bits per heavy atom. The summed E-state index contributed by atoms with van der Waals surface area (Å²) in [4.78, 5) is 0. The van der Waals surface area contributed by atoms with Gasteiger partial charge in [0, 0.05) is 0 Å². The quantitative estimate of drug-likeness (QED) is 0.436. The Kier molecular flexibility index (Phi) is 7.79. The van der Waals surface area contributed by atoms with Crippen molar-refractivity contribution in [3.05, 3.63) is 70.8 Å². The lowest BCUT2D eigenvalue weighted by Crippen LogP contribution is -2.33. The molecule has 35 heavy (non-hydrogen) atoms. The molecule has 0 saturated carbocycles. The van der Waals surface area contributed by atoms with Crippen LogP contribution in [0.1, 0.15) is 99.7 Å². The van der Waals surface area contributed by atoms with Gasteiger partial charge in [-0.25, -0.2) is 16.8 Å². The number of benzene rings is 2. The van der Waals surface area contributed by atoms with E-state index < -0.39 is 42.4 Å². The van der Waals surface area contributed by atoms with Crippen LogP contribution in [0.4, 0.5) is 0 Å². The maximum atomic E-state index is 13.1. The minimum absolute atomic E-state index is 0.149. The summed E-state index contributed by atoms with van der Waals surface area (Å²) < 4.78 is 59.2. The molecule has 2 fully saturated rings. The second-order valence-electron chi connectivity index (χ2n) is 10.7. The molecule has 192 valence electrons. The third-order valence-corrected chi connectivity index (χ3v) is 12.1. The average molecular weight is 519 g/mol. The van der Waals surface area contributed by atoms with E-state index >= 15 is 0 Å². The maximum Gasteiger partial charge on any atom is 0.156 e. The van der Waals surface area contributed by atoms with Crippen LogP contribution in [-0.4, -0.2) is 38.8 Å². The zero-order valence-electron chi connectivity index (χ0n) is 21.2. The fraction of sp³-hybridized carbons (Fsp3) is 0.571. The summed E-state index contributed by atoms with van der Waals surface area (Å²) in [6.07, 6.45) is 0.816. The first-order valence-corrected chi connectivity index (χ1v) is 16.2. The van der Waals surface area contributed by atoms with Gasteiger partial charge in [-0.05, 0) is 59.8 Å². The van der Waals surface area contributed by atoms with Crippen molar-refractivity contribution in [3.8, 4) is 0 Å². The van der Waals surface area contributed by atoms with Crippen molar-refractivity contribution in [2.24, 2.45) is 0 Å². The summed E-state index contributed by atoms with van der Waals surface area (Å²) in [5.41, 5.74) is 3.84. The van der Waals surface area contributed by atoms with Crippen molar-refractivity contribution in [1.82, 2.24) is 0 Å². The summed E-state index contributed by atoms with van der Waals surface area (Å²) in [6, 6.07) is 15.9. The highest BCUT2D eigenvalue weighted by Crippen LogP contribution is 2.43. The monoisotopic (exact) mass is 518 g/mol. The molecule has 0 amide bonds. The van der Waals surface area contributed by atoms with Gasteiger partial charge in [-0.3, -0.25) is 0 Å². The minimum Gasteiger partial charge on any atom is -0.363 e. The van der Waals surface area contributed by atoms with Gasteiger partial charge in [0.05, 0.1) is 22.0 Å². The molecular formula is C28H38O5S2. The Morgan fingerprint density at radius 1 is 0.657 bits per heavy atom. The van der Waals surface area contributed by atoms with Crippen LogP contribution >= 0.6 is 0 Å². The van der Waals surface area contributed by atoms with E-state index in [1.807, 2.05) is 48.5 Å². The molecule has 0 radical (unpaired) electrons. The molecule has 2 aliphatic heterocycles. The third kappa shape index (κ3) is 5.67. The molecule has 0 spiro atoms. The maximum absolute atomic E-state index is 13.1. The molecular weight excluding hydrogens is 480 g/mol. The van der Waals surface area contributed by atoms with Gasteiger partial charge in [0.15, 0.2) is 19.7 Å². The highest BCUT2D eigenvalue weighted by atomic mass is 32.2. The van der Waals surface area contributed by atoms with Gasteiger partial charge in [-0.15, -0.1) is 0 Å². The summed E-state index contributed by atoms with van der Waals surface area (Å²) in [5.74, 6) is 0.863. The highest BCUT2D eigenvalue weighted by molar-refractivity contribution is 7.92. The van der Waals surface area contributed by atoms with Crippen LogP contribution in [0.3, 0.4) is 0 Å². The molecule has 5 nitrogen and oxygen atoms in total. The summed E-state index contributed by atoms with van der Waals surface area (Å²) in [7, 11) is -6.69. The zero-order chi connectivity index (χ0) is 25.4. The number of sulfone groups is 2. The molecule has 2 saturated heterocycles. The third-order valence-electron chi connectivity index (χ3n) is 7.54. The van der Waals surface area contributed by atoms with Crippen LogP contribution in [-0.2, 0) is 24.4 Å². The Hall–Kier alpha value is -1.70. The van der Waals surface area contributed by atoms with Gasteiger partial charge in [-0.2, -0.15) is 0 Å². The van der Waals surface area contributed by atoms with Crippen molar-refractivity contribution < 1.29 is 21.6 Å². The Labute approximate surface area is 211 Å². The molecule has 2 aromatic rings. The van der Waals surface area contributed by atoms with Gasteiger partial charge in [0.2, 0.25) is 0 Å². The van der Waals surface area contributed by atoms with E-state index in [-0.39, 0.29) is 23.3 Å². The topological polar surface area (TPSA) is 77.5 Å². The average Bonchev–Trinajstić information content (AvgIpc) is 3.34. The van der Waals surface area contributed by atoms with E-state index in [1.165, 1.54) is 0 Å². The van der Waals surface area contributed by atoms with Crippen LogP contribution in [0, 0.1) is 0 Å². The largest absolute Gasteiger partial charge is 0.363 e. The van der Waals surface area contributed by atoms with Crippen molar-refractivity contribution in [3.63, 3.8) is 0 Å². The Morgan fingerprint density at radius 2 is 1.03 bits per heavy atom. The minimum atomic E-state index is -3.34. The Balaban J connectivity index is 1.83. The predicted octanol–water partition coefficient (Wildman–Crippen LogP) is 5.89. The zero-order valence-corrected chi connectivity index (χ0v) is 22.8. The second kappa shape index (κ2) is 10.3. The smallest absolute Gasteiger partial charge is 0.156 e. The summed E-state index contributed by atoms with van der Waals surface area (Å²) in [5, 5.41) is -1.35. The van der Waals surface area contributed by atoms with Crippen molar-refractivity contribution in [2.45, 2.75) is 87.9 Å². The summed E-state index contributed by atoms with van der Waals surface area (Å²) >= 11 is 0. The van der Waals surface area contributed by atoms with Crippen molar-refractivity contribution in [1.29, 1.82) is 0 Å². The normalized spacial score (nSPS) is 25.2. The van der Waals surface area contributed by atoms with Crippen LogP contribution in [0.2, 0.25) is 0 Å². The first-order chi connectivity index (χ1) is 16.5.